The van der Waals surface area contributed by atoms with Crippen molar-refractivity contribution >= 4 is 0 Å². The molecule has 0 saturated carbocycles. The van der Waals surface area contributed by atoms with E-state index in [0.29, 0.717) is 0 Å². The molecule has 2 saturated heterocycles. The second kappa shape index (κ2) is 7.33. The molecular weight excluding hydrogens is 284 g/mol. The molecule has 3 nitrogen and oxygen atoms in total. The first kappa shape index (κ1) is 16.9. The molecule has 0 bridgehead atoms. The predicted molar refractivity (Wildman–Crippen MR) is 95.5 cm³/mol. The molecule has 2 heterocycles. The Morgan fingerprint density at radius 1 is 1.04 bits per heavy atom. The van der Waals surface area contributed by atoms with Crippen LogP contribution < -0.4 is 0 Å². The lowest BCUT2D eigenvalue weighted by Gasteiger charge is -2.44. The first-order valence-corrected chi connectivity index (χ1v) is 9.26. The third-order valence-electron chi connectivity index (χ3n) is 5.38. The zero-order valence-corrected chi connectivity index (χ0v) is 14.8. The Hall–Kier alpha value is -0.900. The van der Waals surface area contributed by atoms with Gasteiger partial charge in [-0.05, 0) is 57.2 Å². The Labute approximate surface area is 141 Å². The van der Waals surface area contributed by atoms with Gasteiger partial charge in [0.1, 0.15) is 0 Å². The highest BCUT2D eigenvalue weighted by atomic mass is 16.3. The molecule has 0 amide bonds. The van der Waals surface area contributed by atoms with Crippen LogP contribution >= 0.6 is 0 Å². The second-order valence-electron chi connectivity index (χ2n) is 8.05. The lowest BCUT2D eigenvalue weighted by atomic mass is 9.97. The minimum atomic E-state index is -0.571. The van der Waals surface area contributed by atoms with Crippen LogP contribution in [0.25, 0.3) is 0 Å². The van der Waals surface area contributed by atoms with E-state index in [1.165, 1.54) is 56.6 Å². The molecule has 2 aliphatic rings. The number of benzene rings is 1. The fraction of sp³-hybridized carbons (Fsp3) is 0.700. The normalized spacial score (nSPS) is 23.7. The van der Waals surface area contributed by atoms with Crippen molar-refractivity contribution in [1.29, 1.82) is 0 Å². The quantitative estimate of drug-likeness (QED) is 0.904. The number of piperazine rings is 1. The first-order valence-electron chi connectivity index (χ1n) is 9.26. The number of aryl methyl sites for hydroxylation is 1. The Bertz CT molecular complexity index is 491. The molecule has 128 valence electrons. The number of hydrogen-bond donors (Lipinski definition) is 1. The number of aliphatic hydroxyl groups is 1. The van der Waals surface area contributed by atoms with Crippen molar-refractivity contribution in [3.05, 3.63) is 35.4 Å². The molecule has 1 atom stereocenters. The van der Waals surface area contributed by atoms with Crippen LogP contribution in [0.4, 0.5) is 0 Å². The van der Waals surface area contributed by atoms with E-state index in [-0.39, 0.29) is 0 Å². The minimum Gasteiger partial charge on any atom is -0.390 e. The van der Waals surface area contributed by atoms with Crippen molar-refractivity contribution < 1.29 is 5.11 Å². The zero-order chi connectivity index (χ0) is 16.3. The summed E-state index contributed by atoms with van der Waals surface area (Å²) in [5.41, 5.74) is 2.17. The van der Waals surface area contributed by atoms with Gasteiger partial charge in [-0.15, -0.1) is 0 Å². The predicted octanol–water partition coefficient (Wildman–Crippen LogP) is 3.06. The van der Waals surface area contributed by atoms with Crippen molar-refractivity contribution in [1.82, 2.24) is 9.80 Å². The number of hydrogen-bond acceptors (Lipinski definition) is 3. The Kier molecular flexibility index (Phi) is 5.40. The van der Waals surface area contributed by atoms with Crippen LogP contribution in [-0.4, -0.2) is 52.7 Å². The average molecular weight is 316 g/mol. The number of nitrogens with zero attached hydrogens (tertiary/aromatic N) is 2. The summed E-state index contributed by atoms with van der Waals surface area (Å²) in [6.45, 7) is 9.84. The van der Waals surface area contributed by atoms with Gasteiger partial charge in [-0.25, -0.2) is 0 Å². The lowest BCUT2D eigenvalue weighted by Crippen LogP contribution is -2.54. The monoisotopic (exact) mass is 316 g/mol. The number of piperidine rings is 1. The molecule has 0 aliphatic carbocycles. The van der Waals surface area contributed by atoms with Gasteiger partial charge in [0.2, 0.25) is 0 Å². The summed E-state index contributed by atoms with van der Waals surface area (Å²) in [5, 5.41) is 9.83. The maximum atomic E-state index is 9.83. The minimum absolute atomic E-state index is 0.571. The van der Waals surface area contributed by atoms with Crippen LogP contribution in [0.1, 0.15) is 50.7 Å². The van der Waals surface area contributed by atoms with Gasteiger partial charge in [-0.3, -0.25) is 9.80 Å². The summed E-state index contributed by atoms with van der Waals surface area (Å²) >= 11 is 0. The smallest absolute Gasteiger partial charge is 0.0594 e. The van der Waals surface area contributed by atoms with Crippen LogP contribution in [0, 0.1) is 0 Å². The van der Waals surface area contributed by atoms with E-state index in [1.807, 2.05) is 13.8 Å². The summed E-state index contributed by atoms with van der Waals surface area (Å²) in [7, 11) is 0. The highest BCUT2D eigenvalue weighted by Gasteiger charge is 2.28. The second-order valence-corrected chi connectivity index (χ2v) is 8.05. The van der Waals surface area contributed by atoms with Gasteiger partial charge < -0.3 is 5.11 Å². The molecule has 0 aromatic heterocycles. The van der Waals surface area contributed by atoms with Gasteiger partial charge in [-0.1, -0.05) is 30.7 Å². The van der Waals surface area contributed by atoms with Gasteiger partial charge >= 0.3 is 0 Å². The third kappa shape index (κ3) is 5.03. The molecule has 0 unspecified atom stereocenters. The Morgan fingerprint density at radius 3 is 2.52 bits per heavy atom. The summed E-state index contributed by atoms with van der Waals surface area (Å²) in [5.74, 6) is 0. The van der Waals surface area contributed by atoms with E-state index in [2.05, 4.69) is 34.1 Å². The van der Waals surface area contributed by atoms with Crippen LogP contribution in [0.3, 0.4) is 0 Å². The molecule has 3 heteroatoms. The van der Waals surface area contributed by atoms with E-state index in [4.69, 9.17) is 0 Å². The Morgan fingerprint density at radius 2 is 1.78 bits per heavy atom. The van der Waals surface area contributed by atoms with E-state index in [1.54, 1.807) is 0 Å². The fourth-order valence-corrected chi connectivity index (χ4v) is 3.88. The Balaban J connectivity index is 1.50. The van der Waals surface area contributed by atoms with E-state index < -0.39 is 5.60 Å². The molecule has 2 aliphatic heterocycles. The van der Waals surface area contributed by atoms with Crippen LogP contribution in [0.2, 0.25) is 0 Å². The number of fused-ring (bicyclic) bond motifs is 1. The van der Waals surface area contributed by atoms with Gasteiger partial charge in [-0.2, -0.15) is 0 Å². The summed E-state index contributed by atoms with van der Waals surface area (Å²) in [4.78, 5) is 5.32. The molecule has 23 heavy (non-hydrogen) atoms. The van der Waals surface area contributed by atoms with E-state index in [0.717, 1.165) is 25.4 Å². The lowest BCUT2D eigenvalue weighted by molar-refractivity contribution is 0.0457. The topological polar surface area (TPSA) is 26.7 Å². The van der Waals surface area contributed by atoms with Crippen LogP contribution in [0.15, 0.2) is 24.3 Å². The molecule has 1 aromatic carbocycles. The van der Waals surface area contributed by atoms with E-state index >= 15 is 0 Å². The summed E-state index contributed by atoms with van der Waals surface area (Å²) < 4.78 is 0. The molecule has 0 spiro atoms. The highest BCUT2D eigenvalue weighted by molar-refractivity contribution is 5.23. The molecule has 1 aromatic rings. The van der Waals surface area contributed by atoms with Gasteiger partial charge in [0.15, 0.2) is 0 Å². The van der Waals surface area contributed by atoms with Crippen molar-refractivity contribution in [3.8, 4) is 0 Å². The fourth-order valence-electron chi connectivity index (χ4n) is 3.88. The first-order chi connectivity index (χ1) is 11.0. The largest absolute Gasteiger partial charge is 0.390 e. The van der Waals surface area contributed by atoms with Gasteiger partial charge in [0.25, 0.3) is 0 Å². The third-order valence-corrected chi connectivity index (χ3v) is 5.38. The molecule has 0 radical (unpaired) electrons. The number of rotatable bonds is 5. The van der Waals surface area contributed by atoms with Crippen molar-refractivity contribution in [2.24, 2.45) is 0 Å². The maximum Gasteiger partial charge on any atom is 0.0594 e. The standard InChI is InChI=1S/C20H32N2O/c1-20(2,23)11-10-17-6-8-18(9-7-17)15-21-13-14-22-12-4-3-5-19(22)16-21/h6-9,19,23H,3-5,10-16H2,1-2H3/t19-/m0/s1. The van der Waals surface area contributed by atoms with Gasteiger partial charge in [0.05, 0.1) is 5.60 Å². The van der Waals surface area contributed by atoms with Crippen molar-refractivity contribution in [2.75, 3.05) is 26.2 Å². The zero-order valence-electron chi connectivity index (χ0n) is 14.8. The molecule has 2 fully saturated rings. The van der Waals surface area contributed by atoms with Crippen LogP contribution in [0.5, 0.6) is 0 Å². The maximum absolute atomic E-state index is 9.83. The van der Waals surface area contributed by atoms with Crippen molar-refractivity contribution in [3.63, 3.8) is 0 Å². The molecule has 3 rings (SSSR count). The summed E-state index contributed by atoms with van der Waals surface area (Å²) in [6, 6.07) is 9.80. The molecular formula is C20H32N2O. The van der Waals surface area contributed by atoms with Gasteiger partial charge in [0, 0.05) is 32.2 Å². The summed E-state index contributed by atoms with van der Waals surface area (Å²) in [6.07, 6.45) is 5.94. The average Bonchev–Trinajstić information content (AvgIpc) is 2.53. The van der Waals surface area contributed by atoms with E-state index in [9.17, 15) is 5.11 Å². The van der Waals surface area contributed by atoms with Crippen LogP contribution in [-0.2, 0) is 13.0 Å². The molecule has 1 N–H and O–H groups in total. The van der Waals surface area contributed by atoms with Crippen molar-refractivity contribution in [2.45, 2.75) is 64.1 Å². The SMILES string of the molecule is CC(C)(O)CCc1ccc(CN2CCN3CCCC[C@H]3C2)cc1. The highest BCUT2D eigenvalue weighted by Crippen LogP contribution is 2.22.